The van der Waals surface area contributed by atoms with Crippen molar-refractivity contribution in [3.8, 4) is 0 Å². The number of ether oxygens (including phenoxy) is 1. The van der Waals surface area contributed by atoms with Crippen molar-refractivity contribution in [2.24, 2.45) is 5.92 Å². The fraction of sp³-hybridized carbons (Fsp3) is 0.444. The van der Waals surface area contributed by atoms with Gasteiger partial charge < -0.3 is 14.7 Å². The second-order valence-corrected chi connectivity index (χ2v) is 11.3. The number of aromatic nitrogens is 1. The lowest BCUT2D eigenvalue weighted by Gasteiger charge is -2.42. The number of carbonyl (C=O) groups excluding carboxylic acids is 2. The van der Waals surface area contributed by atoms with Gasteiger partial charge in [-0.05, 0) is 26.0 Å². The zero-order valence-electron chi connectivity index (χ0n) is 15.6. The van der Waals surface area contributed by atoms with E-state index < -0.39 is 56.4 Å². The quantitative estimate of drug-likeness (QED) is 0.536. The molecule has 2 fully saturated rings. The zero-order chi connectivity index (χ0) is 21.1. The smallest absolute Gasteiger partial charge is 0.328 e. The number of esters is 1. The Labute approximate surface area is 170 Å². The van der Waals surface area contributed by atoms with Crippen molar-refractivity contribution in [2.45, 2.75) is 36.4 Å². The second-order valence-electron chi connectivity index (χ2n) is 7.57. The van der Waals surface area contributed by atoms with E-state index in [1.807, 2.05) is 24.3 Å². The Bertz CT molecular complexity index is 1110. The number of thiazole rings is 1. The van der Waals surface area contributed by atoms with Crippen LogP contribution < -0.4 is 0 Å². The Morgan fingerprint density at radius 2 is 2.00 bits per heavy atom. The van der Waals surface area contributed by atoms with Gasteiger partial charge in [0.05, 0.1) is 21.4 Å². The summed E-state index contributed by atoms with van der Waals surface area (Å²) in [6.45, 7) is 2.18. The van der Waals surface area contributed by atoms with Crippen molar-refractivity contribution >= 4 is 49.2 Å². The van der Waals surface area contributed by atoms with Crippen LogP contribution in [0.3, 0.4) is 0 Å². The summed E-state index contributed by atoms with van der Waals surface area (Å²) >= 11 is 1.35. The number of amides is 1. The Hall–Kier alpha value is -2.53. The van der Waals surface area contributed by atoms with E-state index in [0.29, 0.717) is 5.01 Å². The van der Waals surface area contributed by atoms with Gasteiger partial charge in [-0.15, -0.1) is 11.3 Å². The summed E-state index contributed by atoms with van der Waals surface area (Å²) in [7, 11) is -3.94. The Morgan fingerprint density at radius 1 is 1.31 bits per heavy atom. The molecule has 4 rings (SSSR count). The van der Waals surface area contributed by atoms with E-state index in [1.54, 1.807) is 0 Å². The molecule has 2 aromatic rings. The minimum Gasteiger partial charge on any atom is -0.480 e. The van der Waals surface area contributed by atoms with Gasteiger partial charge >= 0.3 is 11.9 Å². The maximum absolute atomic E-state index is 12.8. The number of benzene rings is 1. The number of nitrogens with zero attached hydrogens (tertiary/aromatic N) is 2. The molecule has 3 heterocycles. The molecule has 11 heteroatoms. The third-order valence-electron chi connectivity index (χ3n) is 5.47. The van der Waals surface area contributed by atoms with E-state index in [4.69, 9.17) is 4.74 Å². The van der Waals surface area contributed by atoms with Crippen LogP contribution >= 0.6 is 11.3 Å². The lowest BCUT2D eigenvalue weighted by Crippen LogP contribution is -2.64. The molecule has 0 saturated carbocycles. The molecule has 1 N–H and O–H groups in total. The average molecular weight is 438 g/mol. The van der Waals surface area contributed by atoms with Crippen molar-refractivity contribution in [2.75, 3.05) is 6.61 Å². The molecule has 29 heavy (non-hydrogen) atoms. The topological polar surface area (TPSA) is 131 Å². The first-order valence-electron chi connectivity index (χ1n) is 8.84. The summed E-state index contributed by atoms with van der Waals surface area (Å²) in [5.41, 5.74) is 0.768. The summed E-state index contributed by atoms with van der Waals surface area (Å²) in [6, 6.07) is 5.96. The van der Waals surface area contributed by atoms with Crippen LogP contribution in [-0.2, 0) is 35.4 Å². The SMILES string of the molecule is CC1(C)[C@H](C(=O)O)N2C(=O)C(COC(=O)Cc3nc4ccccc4s3)[C@H]2S1(=O)=O. The van der Waals surface area contributed by atoms with Crippen molar-refractivity contribution in [3.63, 3.8) is 0 Å². The fourth-order valence-corrected chi connectivity index (χ4v) is 7.17. The highest BCUT2D eigenvalue weighted by molar-refractivity contribution is 7.93. The molecule has 0 bridgehead atoms. The van der Waals surface area contributed by atoms with Crippen molar-refractivity contribution in [3.05, 3.63) is 29.3 Å². The number of aliphatic carboxylic acids is 1. The lowest BCUT2D eigenvalue weighted by atomic mass is 9.92. The Kier molecular flexibility index (Phi) is 4.43. The molecule has 1 aromatic carbocycles. The molecule has 3 atom stereocenters. The molecule has 0 radical (unpaired) electrons. The molecular weight excluding hydrogens is 420 g/mol. The van der Waals surface area contributed by atoms with Crippen LogP contribution in [-0.4, -0.2) is 64.0 Å². The number of hydrogen-bond donors (Lipinski definition) is 1. The van der Waals surface area contributed by atoms with Gasteiger partial charge in [0, 0.05) is 0 Å². The molecule has 154 valence electrons. The van der Waals surface area contributed by atoms with Gasteiger partial charge in [-0.3, -0.25) is 9.59 Å². The largest absolute Gasteiger partial charge is 0.480 e. The first-order valence-corrected chi connectivity index (χ1v) is 11.2. The standard InChI is InChI=1S/C18H18N2O7S2/c1-18(2)14(17(23)24)20-15(22)9(16(20)29(18,25)26)8-27-13(21)7-12-19-10-5-3-4-6-11(10)28-12/h3-6,9,14,16H,7-8H2,1-2H3,(H,23,24)/t9?,14-,16+/m0/s1. The van der Waals surface area contributed by atoms with Gasteiger partial charge in [-0.2, -0.15) is 0 Å². The number of para-hydroxylation sites is 1. The molecule has 1 unspecified atom stereocenters. The van der Waals surface area contributed by atoms with Crippen molar-refractivity contribution < 1.29 is 32.6 Å². The first-order chi connectivity index (χ1) is 13.6. The van der Waals surface area contributed by atoms with E-state index in [0.717, 1.165) is 15.1 Å². The van der Waals surface area contributed by atoms with Crippen LogP contribution in [0.25, 0.3) is 10.2 Å². The molecular formula is C18H18N2O7S2. The predicted octanol–water partition coefficient (Wildman–Crippen LogP) is 0.827. The van der Waals surface area contributed by atoms with Gasteiger partial charge in [0.1, 0.15) is 23.6 Å². The van der Waals surface area contributed by atoms with E-state index >= 15 is 0 Å². The molecule has 0 spiro atoms. The predicted molar refractivity (Wildman–Crippen MR) is 103 cm³/mol. The minimum absolute atomic E-state index is 0.0926. The molecule has 2 saturated heterocycles. The zero-order valence-corrected chi connectivity index (χ0v) is 17.2. The van der Waals surface area contributed by atoms with Crippen LogP contribution in [0, 0.1) is 5.92 Å². The van der Waals surface area contributed by atoms with Gasteiger partial charge in [0.2, 0.25) is 5.91 Å². The second kappa shape index (κ2) is 6.49. The Balaban J connectivity index is 1.45. The van der Waals surface area contributed by atoms with E-state index in [-0.39, 0.29) is 6.42 Å². The number of rotatable bonds is 5. The van der Waals surface area contributed by atoms with Crippen LogP contribution in [0.5, 0.6) is 0 Å². The van der Waals surface area contributed by atoms with Gasteiger partial charge in [-0.25, -0.2) is 18.2 Å². The highest BCUT2D eigenvalue weighted by Crippen LogP contribution is 2.48. The third kappa shape index (κ3) is 2.83. The molecule has 0 aliphatic carbocycles. The van der Waals surface area contributed by atoms with Gasteiger partial charge in [0.25, 0.3) is 0 Å². The number of β-lactam (4-membered cyclic amide) rings is 1. The maximum atomic E-state index is 12.8. The normalized spacial score (nSPS) is 26.8. The number of carboxylic acid groups (broad SMARTS) is 1. The highest BCUT2D eigenvalue weighted by atomic mass is 32.2. The molecule has 2 aliphatic heterocycles. The summed E-state index contributed by atoms with van der Waals surface area (Å²) in [6.07, 6.45) is -0.0926. The third-order valence-corrected chi connectivity index (χ3v) is 9.39. The summed E-state index contributed by atoms with van der Waals surface area (Å²) < 4.78 is 30.0. The average Bonchev–Trinajstić information content (AvgIpc) is 3.09. The molecule has 1 aromatic heterocycles. The van der Waals surface area contributed by atoms with Gasteiger partial charge in [0.15, 0.2) is 15.2 Å². The van der Waals surface area contributed by atoms with Crippen LogP contribution in [0.1, 0.15) is 18.9 Å². The molecule has 9 nitrogen and oxygen atoms in total. The lowest BCUT2D eigenvalue weighted by molar-refractivity contribution is -0.168. The van der Waals surface area contributed by atoms with E-state index in [9.17, 15) is 27.9 Å². The molecule has 2 aliphatic rings. The van der Waals surface area contributed by atoms with E-state index in [2.05, 4.69) is 4.98 Å². The van der Waals surface area contributed by atoms with E-state index in [1.165, 1.54) is 25.2 Å². The highest BCUT2D eigenvalue weighted by Gasteiger charge is 2.72. The number of carboxylic acids is 1. The monoisotopic (exact) mass is 438 g/mol. The Morgan fingerprint density at radius 3 is 2.66 bits per heavy atom. The molecule has 1 amide bonds. The fourth-order valence-electron chi connectivity index (χ4n) is 3.91. The number of sulfone groups is 1. The van der Waals surface area contributed by atoms with Crippen molar-refractivity contribution in [1.82, 2.24) is 9.88 Å². The van der Waals surface area contributed by atoms with Crippen LogP contribution in [0.4, 0.5) is 0 Å². The summed E-state index contributed by atoms with van der Waals surface area (Å²) in [4.78, 5) is 41.3. The number of fused-ring (bicyclic) bond motifs is 2. The maximum Gasteiger partial charge on any atom is 0.328 e. The first kappa shape index (κ1) is 19.8. The number of hydrogen-bond acceptors (Lipinski definition) is 8. The number of carbonyl (C=O) groups is 3. The van der Waals surface area contributed by atoms with Crippen LogP contribution in [0.2, 0.25) is 0 Å². The van der Waals surface area contributed by atoms with Crippen LogP contribution in [0.15, 0.2) is 24.3 Å². The summed E-state index contributed by atoms with van der Waals surface area (Å²) in [5, 5.41) is 8.66. The van der Waals surface area contributed by atoms with Gasteiger partial charge in [-0.1, -0.05) is 12.1 Å². The summed E-state index contributed by atoms with van der Waals surface area (Å²) in [5.74, 6) is -3.73. The minimum atomic E-state index is -3.94. The van der Waals surface area contributed by atoms with Crippen molar-refractivity contribution in [1.29, 1.82) is 0 Å².